The summed E-state index contributed by atoms with van der Waals surface area (Å²) in [5, 5.41) is 13.1. The van der Waals surface area contributed by atoms with Gasteiger partial charge in [0.25, 0.3) is 5.69 Å². The van der Waals surface area contributed by atoms with Crippen molar-refractivity contribution in [1.29, 1.82) is 0 Å². The number of hydrogen-bond acceptors (Lipinski definition) is 5. The highest BCUT2D eigenvalue weighted by atomic mass is 35.5. The molecule has 120 valence electrons. The highest BCUT2D eigenvalue weighted by Crippen LogP contribution is 2.37. The van der Waals surface area contributed by atoms with E-state index in [-0.39, 0.29) is 11.6 Å². The van der Waals surface area contributed by atoms with E-state index in [1.807, 2.05) is 12.1 Å². The van der Waals surface area contributed by atoms with Gasteiger partial charge in [-0.15, -0.1) is 0 Å². The first-order valence-electron chi connectivity index (χ1n) is 7.24. The molecule has 1 heterocycles. The summed E-state index contributed by atoms with van der Waals surface area (Å²) in [5.41, 5.74) is 1.03. The Morgan fingerprint density at radius 2 is 2.00 bits per heavy atom. The Morgan fingerprint density at radius 1 is 1.26 bits per heavy atom. The fraction of sp³-hybridized carbons (Fsp3) is 0.250. The van der Waals surface area contributed by atoms with Crippen LogP contribution in [0.1, 0.15) is 17.9 Å². The van der Waals surface area contributed by atoms with Crippen molar-refractivity contribution in [2.75, 3.05) is 13.1 Å². The molecule has 1 fully saturated rings. The van der Waals surface area contributed by atoms with E-state index < -0.39 is 4.92 Å². The number of non-ortho nitro benzene ring substituents is 1. The van der Waals surface area contributed by atoms with Crippen LogP contribution in [-0.4, -0.2) is 23.0 Å². The van der Waals surface area contributed by atoms with Crippen molar-refractivity contribution < 1.29 is 9.66 Å². The van der Waals surface area contributed by atoms with Crippen LogP contribution in [0.15, 0.2) is 42.5 Å². The lowest BCUT2D eigenvalue weighted by Crippen LogP contribution is -2.27. The maximum Gasteiger partial charge on any atom is 0.269 e. The van der Waals surface area contributed by atoms with E-state index in [9.17, 15) is 10.1 Å². The molecule has 1 saturated heterocycles. The highest BCUT2D eigenvalue weighted by Gasteiger charge is 2.25. The molecule has 2 aromatic carbocycles. The van der Waals surface area contributed by atoms with E-state index in [1.54, 1.807) is 23.2 Å². The Kier molecular flexibility index (Phi) is 4.47. The Labute approximate surface area is 138 Å². The maximum absolute atomic E-state index is 10.7. The average molecular weight is 334 g/mol. The van der Waals surface area contributed by atoms with Gasteiger partial charge in [-0.25, -0.2) is 5.01 Å². The molecule has 2 aromatic rings. The van der Waals surface area contributed by atoms with E-state index in [2.05, 4.69) is 0 Å². The lowest BCUT2D eigenvalue weighted by molar-refractivity contribution is -0.384. The first-order valence-corrected chi connectivity index (χ1v) is 7.62. The van der Waals surface area contributed by atoms with Crippen molar-refractivity contribution in [3.63, 3.8) is 0 Å². The van der Waals surface area contributed by atoms with E-state index in [1.165, 1.54) is 12.1 Å². The number of rotatable bonds is 4. The molecule has 1 atom stereocenters. The molecular formula is C16H16ClN3O3. The normalized spacial score (nSPS) is 18.1. The summed E-state index contributed by atoms with van der Waals surface area (Å²) in [6.45, 7) is 1.57. The van der Waals surface area contributed by atoms with Crippen molar-refractivity contribution in [2.45, 2.75) is 12.3 Å². The summed E-state index contributed by atoms with van der Waals surface area (Å²) in [4.78, 5) is 10.3. The standard InChI is InChI=1S/C16H16ClN3O3/c17-12-1-6-16(15(9-12)11-7-8-19(18)10-11)23-14-4-2-13(3-5-14)20(21)22/h1-6,9,11H,7-8,10,18H2. The number of hydrogen-bond donors (Lipinski definition) is 1. The zero-order valence-electron chi connectivity index (χ0n) is 12.3. The molecule has 3 rings (SSSR count). The summed E-state index contributed by atoms with van der Waals surface area (Å²) in [6, 6.07) is 11.5. The van der Waals surface area contributed by atoms with Gasteiger partial charge in [-0.05, 0) is 36.8 Å². The molecule has 0 aromatic heterocycles. The molecule has 0 bridgehead atoms. The summed E-state index contributed by atoms with van der Waals surface area (Å²) in [7, 11) is 0. The van der Waals surface area contributed by atoms with Gasteiger partial charge in [-0.3, -0.25) is 16.0 Å². The third-order valence-corrected chi connectivity index (χ3v) is 4.14. The number of nitro groups is 1. The lowest BCUT2D eigenvalue weighted by atomic mass is 9.97. The molecule has 0 spiro atoms. The minimum atomic E-state index is -0.439. The second-order valence-corrected chi connectivity index (χ2v) is 5.95. The quantitative estimate of drug-likeness (QED) is 0.524. The fourth-order valence-electron chi connectivity index (χ4n) is 2.74. The smallest absolute Gasteiger partial charge is 0.269 e. The largest absolute Gasteiger partial charge is 0.457 e. The predicted octanol–water partition coefficient (Wildman–Crippen LogP) is 3.70. The van der Waals surface area contributed by atoms with Gasteiger partial charge in [0.05, 0.1) is 4.92 Å². The molecule has 0 radical (unpaired) electrons. The third kappa shape index (κ3) is 3.61. The van der Waals surface area contributed by atoms with E-state index in [0.717, 1.165) is 25.1 Å². The molecule has 0 amide bonds. The van der Waals surface area contributed by atoms with Crippen molar-refractivity contribution in [1.82, 2.24) is 5.01 Å². The second kappa shape index (κ2) is 6.54. The Bertz CT molecular complexity index is 721. The molecule has 2 N–H and O–H groups in total. The Hall–Kier alpha value is -2.15. The molecule has 6 nitrogen and oxygen atoms in total. The molecular weight excluding hydrogens is 318 g/mol. The predicted molar refractivity (Wildman–Crippen MR) is 87.7 cm³/mol. The van der Waals surface area contributed by atoms with Gasteiger partial charge in [-0.1, -0.05) is 11.6 Å². The van der Waals surface area contributed by atoms with Crippen LogP contribution in [0.25, 0.3) is 0 Å². The van der Waals surface area contributed by atoms with Crippen LogP contribution in [0, 0.1) is 10.1 Å². The van der Waals surface area contributed by atoms with Crippen LogP contribution in [0.4, 0.5) is 5.69 Å². The molecule has 1 aliphatic heterocycles. The number of ether oxygens (including phenoxy) is 1. The van der Waals surface area contributed by atoms with Gasteiger partial charge in [0.1, 0.15) is 11.5 Å². The van der Waals surface area contributed by atoms with E-state index >= 15 is 0 Å². The molecule has 0 aliphatic carbocycles. The molecule has 1 unspecified atom stereocenters. The van der Waals surface area contributed by atoms with Gasteiger partial charge in [0.15, 0.2) is 0 Å². The number of hydrazine groups is 1. The van der Waals surface area contributed by atoms with Crippen LogP contribution >= 0.6 is 11.6 Å². The maximum atomic E-state index is 10.7. The number of nitro benzene ring substituents is 1. The van der Waals surface area contributed by atoms with Gasteiger partial charge in [-0.2, -0.15) is 0 Å². The van der Waals surface area contributed by atoms with Crippen molar-refractivity contribution in [2.24, 2.45) is 5.84 Å². The van der Waals surface area contributed by atoms with Crippen LogP contribution in [0.3, 0.4) is 0 Å². The SMILES string of the molecule is NN1CCC(c2cc(Cl)ccc2Oc2ccc([N+](=O)[O-])cc2)C1. The van der Waals surface area contributed by atoms with Crippen LogP contribution < -0.4 is 10.6 Å². The van der Waals surface area contributed by atoms with E-state index in [4.69, 9.17) is 22.2 Å². The second-order valence-electron chi connectivity index (χ2n) is 5.52. The summed E-state index contributed by atoms with van der Waals surface area (Å²) in [5.74, 6) is 7.34. The first-order chi connectivity index (χ1) is 11.0. The number of benzene rings is 2. The topological polar surface area (TPSA) is 81.6 Å². The van der Waals surface area contributed by atoms with Crippen molar-refractivity contribution in [3.05, 3.63) is 63.2 Å². The summed E-state index contributed by atoms with van der Waals surface area (Å²) >= 11 is 6.11. The number of nitrogens with two attached hydrogens (primary N) is 1. The minimum absolute atomic E-state index is 0.0308. The zero-order chi connectivity index (χ0) is 16.4. The van der Waals surface area contributed by atoms with Crippen LogP contribution in [-0.2, 0) is 0 Å². The minimum Gasteiger partial charge on any atom is -0.457 e. The fourth-order valence-corrected chi connectivity index (χ4v) is 2.92. The Morgan fingerprint density at radius 3 is 2.61 bits per heavy atom. The first kappa shape index (κ1) is 15.7. The summed E-state index contributed by atoms with van der Waals surface area (Å²) in [6.07, 6.45) is 0.938. The number of nitrogens with zero attached hydrogens (tertiary/aromatic N) is 2. The van der Waals surface area contributed by atoms with Crippen LogP contribution in [0.5, 0.6) is 11.5 Å². The van der Waals surface area contributed by atoms with Gasteiger partial charge >= 0.3 is 0 Å². The van der Waals surface area contributed by atoms with Crippen LogP contribution in [0.2, 0.25) is 5.02 Å². The number of halogens is 1. The molecule has 1 aliphatic rings. The van der Waals surface area contributed by atoms with Gasteiger partial charge < -0.3 is 4.74 Å². The van der Waals surface area contributed by atoms with Gasteiger partial charge in [0.2, 0.25) is 0 Å². The summed E-state index contributed by atoms with van der Waals surface area (Å²) < 4.78 is 5.91. The van der Waals surface area contributed by atoms with Gasteiger partial charge in [0, 0.05) is 41.7 Å². The van der Waals surface area contributed by atoms with E-state index in [0.29, 0.717) is 16.5 Å². The Balaban J connectivity index is 1.86. The van der Waals surface area contributed by atoms with Crippen molar-refractivity contribution >= 4 is 17.3 Å². The monoisotopic (exact) mass is 333 g/mol. The zero-order valence-corrected chi connectivity index (χ0v) is 13.1. The molecule has 23 heavy (non-hydrogen) atoms. The lowest BCUT2D eigenvalue weighted by Gasteiger charge is -2.16. The molecule has 7 heteroatoms. The third-order valence-electron chi connectivity index (χ3n) is 3.91. The highest BCUT2D eigenvalue weighted by molar-refractivity contribution is 6.30. The van der Waals surface area contributed by atoms with Crippen molar-refractivity contribution in [3.8, 4) is 11.5 Å². The average Bonchev–Trinajstić information content (AvgIpc) is 2.96. The molecule has 0 saturated carbocycles.